The molecule has 2 amide bonds. The summed E-state index contributed by atoms with van der Waals surface area (Å²) in [7, 11) is 1.71. The highest BCUT2D eigenvalue weighted by molar-refractivity contribution is 5.94. The minimum absolute atomic E-state index is 0.0528. The van der Waals surface area contributed by atoms with Gasteiger partial charge in [0.1, 0.15) is 5.60 Å². The number of ether oxygens (including phenoxy) is 1. The van der Waals surface area contributed by atoms with Crippen LogP contribution in [-0.4, -0.2) is 61.7 Å². The highest BCUT2D eigenvalue weighted by Gasteiger charge is 2.15. The Hall–Kier alpha value is -2.77. The molecule has 0 aliphatic carbocycles. The minimum Gasteiger partial charge on any atom is -0.444 e. The summed E-state index contributed by atoms with van der Waals surface area (Å²) in [5, 5.41) is 9.18. The maximum Gasteiger partial charge on any atom is 0.407 e. The first-order chi connectivity index (χ1) is 14.2. The van der Waals surface area contributed by atoms with E-state index in [4.69, 9.17) is 4.74 Å². The molecule has 0 saturated heterocycles. The second-order valence-electron chi connectivity index (χ2n) is 7.81. The van der Waals surface area contributed by atoms with Gasteiger partial charge in [-0.3, -0.25) is 9.79 Å². The van der Waals surface area contributed by atoms with Crippen molar-refractivity contribution < 1.29 is 14.3 Å². The number of aliphatic imine (C=N–C) groups is 1. The van der Waals surface area contributed by atoms with Gasteiger partial charge in [-0.2, -0.15) is 0 Å². The second kappa shape index (κ2) is 12.7. The van der Waals surface area contributed by atoms with Crippen molar-refractivity contribution in [2.45, 2.75) is 53.2 Å². The van der Waals surface area contributed by atoms with E-state index in [1.165, 1.54) is 0 Å². The monoisotopic (exact) mass is 419 g/mol. The molecule has 0 aliphatic rings. The predicted octanol–water partition coefficient (Wildman–Crippen LogP) is 2.75. The molecule has 0 aliphatic heterocycles. The summed E-state index contributed by atoms with van der Waals surface area (Å²) < 4.78 is 5.19. The molecule has 30 heavy (non-hydrogen) atoms. The van der Waals surface area contributed by atoms with Crippen molar-refractivity contribution in [2.24, 2.45) is 4.99 Å². The fraction of sp³-hybridized carbons (Fsp3) is 0.591. The lowest BCUT2D eigenvalue weighted by Crippen LogP contribution is -2.39. The Morgan fingerprint density at radius 1 is 1.00 bits per heavy atom. The topological polar surface area (TPSA) is 95.1 Å². The lowest BCUT2D eigenvalue weighted by Gasteiger charge is -2.19. The Bertz CT molecular complexity index is 692. The molecule has 0 fully saturated rings. The van der Waals surface area contributed by atoms with Gasteiger partial charge in [0.25, 0.3) is 5.91 Å². The number of benzene rings is 1. The van der Waals surface area contributed by atoms with Crippen LogP contribution in [0.4, 0.5) is 4.79 Å². The Labute approximate surface area is 180 Å². The fourth-order valence-electron chi connectivity index (χ4n) is 2.66. The molecule has 0 spiro atoms. The van der Waals surface area contributed by atoms with E-state index >= 15 is 0 Å². The van der Waals surface area contributed by atoms with Gasteiger partial charge >= 0.3 is 6.09 Å². The van der Waals surface area contributed by atoms with Crippen molar-refractivity contribution in [1.29, 1.82) is 0 Å². The van der Waals surface area contributed by atoms with E-state index in [1.807, 2.05) is 58.9 Å². The molecule has 1 aromatic rings. The maximum atomic E-state index is 12.4. The third-order valence-corrected chi connectivity index (χ3v) is 4.25. The molecule has 0 unspecified atom stereocenters. The van der Waals surface area contributed by atoms with Gasteiger partial charge in [0, 0.05) is 45.3 Å². The molecule has 1 aromatic carbocycles. The van der Waals surface area contributed by atoms with Crippen molar-refractivity contribution in [2.75, 3.05) is 33.2 Å². The summed E-state index contributed by atoms with van der Waals surface area (Å²) >= 11 is 0. The van der Waals surface area contributed by atoms with Gasteiger partial charge in [-0.05, 0) is 58.7 Å². The molecule has 0 atom stereocenters. The van der Waals surface area contributed by atoms with E-state index < -0.39 is 11.7 Å². The van der Waals surface area contributed by atoms with E-state index in [0.29, 0.717) is 44.2 Å². The fourth-order valence-corrected chi connectivity index (χ4v) is 2.66. The molecule has 0 saturated carbocycles. The van der Waals surface area contributed by atoms with Gasteiger partial charge in [-0.1, -0.05) is 12.1 Å². The molecule has 0 heterocycles. The number of amides is 2. The maximum absolute atomic E-state index is 12.4. The summed E-state index contributed by atoms with van der Waals surface area (Å²) in [5.74, 6) is 0.729. The van der Waals surface area contributed by atoms with Crippen LogP contribution in [0.25, 0.3) is 0 Å². The number of carbonyl (C=O) groups excluding carboxylic acids is 2. The van der Waals surface area contributed by atoms with Gasteiger partial charge < -0.3 is 25.6 Å². The average molecular weight is 420 g/mol. The molecule has 3 N–H and O–H groups in total. The quantitative estimate of drug-likeness (QED) is 0.325. The zero-order valence-electron chi connectivity index (χ0n) is 19.2. The normalized spacial score (nSPS) is 11.6. The molecule has 0 bridgehead atoms. The highest BCUT2D eigenvalue weighted by atomic mass is 16.6. The Morgan fingerprint density at radius 3 is 2.13 bits per heavy atom. The van der Waals surface area contributed by atoms with Gasteiger partial charge in [0.15, 0.2) is 5.96 Å². The van der Waals surface area contributed by atoms with Crippen molar-refractivity contribution in [1.82, 2.24) is 20.9 Å². The minimum atomic E-state index is -0.495. The number of alkyl carbamates (subject to hydrolysis) is 1. The van der Waals surface area contributed by atoms with Crippen LogP contribution in [0.5, 0.6) is 0 Å². The lowest BCUT2D eigenvalue weighted by atomic mass is 10.1. The van der Waals surface area contributed by atoms with E-state index in [0.717, 1.165) is 12.0 Å². The van der Waals surface area contributed by atoms with E-state index in [2.05, 4.69) is 20.9 Å². The number of guanidine groups is 1. The standard InChI is InChI=1S/C22H37N5O3/c1-7-27(8-2)19(28)18-12-10-17(11-13-18)16-26-20(23-6)24-14-9-15-25-21(29)30-22(3,4)5/h10-13H,7-9,14-16H2,1-6H3,(H,25,29)(H2,23,24,26). The summed E-state index contributed by atoms with van der Waals surface area (Å²) in [6, 6.07) is 7.61. The largest absolute Gasteiger partial charge is 0.444 e. The number of rotatable bonds is 9. The number of nitrogens with one attached hydrogen (secondary N) is 3. The van der Waals surface area contributed by atoms with Crippen molar-refractivity contribution >= 4 is 18.0 Å². The molecule has 0 radical (unpaired) electrons. The first kappa shape index (κ1) is 25.3. The third-order valence-electron chi connectivity index (χ3n) is 4.25. The zero-order chi connectivity index (χ0) is 22.6. The van der Waals surface area contributed by atoms with Crippen LogP contribution in [0.2, 0.25) is 0 Å². The van der Waals surface area contributed by atoms with E-state index in [1.54, 1.807) is 11.9 Å². The highest BCUT2D eigenvalue weighted by Crippen LogP contribution is 2.08. The van der Waals surface area contributed by atoms with Crippen LogP contribution >= 0.6 is 0 Å². The summed E-state index contributed by atoms with van der Waals surface area (Å²) in [6.45, 7) is 12.6. The molecule has 8 heteroatoms. The Kier molecular flexibility index (Phi) is 10.7. The van der Waals surface area contributed by atoms with Crippen LogP contribution < -0.4 is 16.0 Å². The van der Waals surface area contributed by atoms with Crippen LogP contribution in [0.1, 0.15) is 57.0 Å². The van der Waals surface area contributed by atoms with Crippen molar-refractivity contribution in [3.8, 4) is 0 Å². The smallest absolute Gasteiger partial charge is 0.407 e. The van der Waals surface area contributed by atoms with Crippen LogP contribution in [0, 0.1) is 0 Å². The number of hydrogen-bond donors (Lipinski definition) is 3. The summed E-state index contributed by atoms with van der Waals surface area (Å²) in [5.41, 5.74) is 1.26. The zero-order valence-corrected chi connectivity index (χ0v) is 19.2. The van der Waals surface area contributed by atoms with Crippen LogP contribution in [-0.2, 0) is 11.3 Å². The molecule has 1 rings (SSSR count). The van der Waals surface area contributed by atoms with Crippen molar-refractivity contribution in [3.63, 3.8) is 0 Å². The summed E-state index contributed by atoms with van der Waals surface area (Å²) in [6.07, 6.45) is 0.329. The van der Waals surface area contributed by atoms with Gasteiger partial charge in [0.05, 0.1) is 0 Å². The number of carbonyl (C=O) groups is 2. The van der Waals surface area contributed by atoms with E-state index in [9.17, 15) is 9.59 Å². The van der Waals surface area contributed by atoms with Gasteiger partial charge in [0.2, 0.25) is 0 Å². The molecule has 168 valence electrons. The average Bonchev–Trinajstić information content (AvgIpc) is 2.70. The Balaban J connectivity index is 2.35. The molecular weight excluding hydrogens is 382 g/mol. The second-order valence-corrected chi connectivity index (χ2v) is 7.81. The van der Waals surface area contributed by atoms with Crippen LogP contribution in [0.15, 0.2) is 29.3 Å². The van der Waals surface area contributed by atoms with Crippen molar-refractivity contribution in [3.05, 3.63) is 35.4 Å². The third kappa shape index (κ3) is 9.62. The SMILES string of the molecule is CCN(CC)C(=O)c1ccc(CNC(=NC)NCCCNC(=O)OC(C)(C)C)cc1. The van der Waals surface area contributed by atoms with E-state index in [-0.39, 0.29) is 5.91 Å². The molecular formula is C22H37N5O3. The van der Waals surface area contributed by atoms with Crippen LogP contribution in [0.3, 0.4) is 0 Å². The molecule has 8 nitrogen and oxygen atoms in total. The first-order valence-electron chi connectivity index (χ1n) is 10.5. The Morgan fingerprint density at radius 2 is 1.60 bits per heavy atom. The lowest BCUT2D eigenvalue weighted by molar-refractivity contribution is 0.0527. The first-order valence-corrected chi connectivity index (χ1v) is 10.5. The molecule has 0 aromatic heterocycles. The summed E-state index contributed by atoms with van der Waals surface area (Å²) in [4.78, 5) is 30.0. The predicted molar refractivity (Wildman–Crippen MR) is 121 cm³/mol. The van der Waals surface area contributed by atoms with Gasteiger partial charge in [-0.15, -0.1) is 0 Å². The van der Waals surface area contributed by atoms with Gasteiger partial charge in [-0.25, -0.2) is 4.79 Å². The number of hydrogen-bond acceptors (Lipinski definition) is 4. The number of nitrogens with zero attached hydrogens (tertiary/aromatic N) is 2.